The number of hydrogen-bond donors (Lipinski definition) is 0. The van der Waals surface area contributed by atoms with E-state index in [1.54, 1.807) is 10.9 Å². The molecule has 2 aromatic heterocycles. The Morgan fingerprint density at radius 1 is 1.52 bits per heavy atom. The average Bonchev–Trinajstić information content (AvgIpc) is 3.15. The van der Waals surface area contributed by atoms with Crippen molar-refractivity contribution >= 4 is 17.2 Å². The van der Waals surface area contributed by atoms with Gasteiger partial charge in [-0.1, -0.05) is 13.3 Å². The summed E-state index contributed by atoms with van der Waals surface area (Å²) in [4.78, 5) is 19.0. The molecule has 3 heterocycles. The van der Waals surface area contributed by atoms with Crippen molar-refractivity contribution in [2.75, 3.05) is 13.1 Å². The van der Waals surface area contributed by atoms with Crippen LogP contribution in [0.5, 0.6) is 0 Å². The highest BCUT2D eigenvalue weighted by molar-refractivity contribution is 7.13. The first kappa shape index (κ1) is 14.3. The highest BCUT2D eigenvalue weighted by Crippen LogP contribution is 2.25. The molecule has 21 heavy (non-hydrogen) atoms. The van der Waals surface area contributed by atoms with Crippen LogP contribution in [0, 0.1) is 5.92 Å². The second kappa shape index (κ2) is 5.97. The summed E-state index contributed by atoms with van der Waals surface area (Å²) in [6.45, 7) is 3.92. The summed E-state index contributed by atoms with van der Waals surface area (Å²) in [5, 5.41) is 6.86. The molecule has 5 nitrogen and oxygen atoms in total. The molecular weight excluding hydrogens is 284 g/mol. The second-order valence-electron chi connectivity index (χ2n) is 5.61. The lowest BCUT2D eigenvalue weighted by Crippen LogP contribution is -2.39. The van der Waals surface area contributed by atoms with Crippen LogP contribution in [0.4, 0.5) is 0 Å². The van der Waals surface area contributed by atoms with Gasteiger partial charge in [0.1, 0.15) is 10.7 Å². The molecule has 0 N–H and O–H groups in total. The van der Waals surface area contributed by atoms with Gasteiger partial charge in [0.05, 0.1) is 6.20 Å². The number of piperidine rings is 1. The molecule has 0 aromatic carbocycles. The normalized spacial score (nSPS) is 19.0. The lowest BCUT2D eigenvalue weighted by molar-refractivity contribution is 0.0666. The van der Waals surface area contributed by atoms with Gasteiger partial charge in [-0.15, -0.1) is 11.3 Å². The SMILES string of the molecule is CCC1CCCN(C(=O)c2csc(-c3cnn(C)c3)n2)C1. The highest BCUT2D eigenvalue weighted by Gasteiger charge is 2.25. The van der Waals surface area contributed by atoms with Crippen molar-refractivity contribution in [2.24, 2.45) is 13.0 Å². The summed E-state index contributed by atoms with van der Waals surface area (Å²) in [7, 11) is 1.88. The number of hydrogen-bond acceptors (Lipinski definition) is 4. The molecule has 1 unspecified atom stereocenters. The number of carbonyl (C=O) groups is 1. The fourth-order valence-corrected chi connectivity index (χ4v) is 3.55. The molecule has 112 valence electrons. The zero-order chi connectivity index (χ0) is 14.8. The van der Waals surface area contributed by atoms with Crippen molar-refractivity contribution in [3.8, 4) is 10.6 Å². The fourth-order valence-electron chi connectivity index (χ4n) is 2.78. The summed E-state index contributed by atoms with van der Waals surface area (Å²) in [5.74, 6) is 0.707. The predicted octanol–water partition coefficient (Wildman–Crippen LogP) is 2.81. The summed E-state index contributed by atoms with van der Waals surface area (Å²) >= 11 is 1.50. The van der Waals surface area contributed by atoms with Crippen molar-refractivity contribution in [3.05, 3.63) is 23.5 Å². The first-order valence-electron chi connectivity index (χ1n) is 7.41. The van der Waals surface area contributed by atoms with Crippen molar-refractivity contribution in [1.82, 2.24) is 19.7 Å². The lowest BCUT2D eigenvalue weighted by atomic mass is 9.95. The molecule has 3 rings (SSSR count). The van der Waals surface area contributed by atoms with Crippen molar-refractivity contribution in [2.45, 2.75) is 26.2 Å². The third kappa shape index (κ3) is 3.00. The molecule has 0 aliphatic carbocycles. The van der Waals surface area contributed by atoms with Gasteiger partial charge in [-0.3, -0.25) is 9.48 Å². The lowest BCUT2D eigenvalue weighted by Gasteiger charge is -2.31. The van der Waals surface area contributed by atoms with Crippen LogP contribution in [0.3, 0.4) is 0 Å². The van der Waals surface area contributed by atoms with Crippen LogP contribution in [-0.2, 0) is 7.05 Å². The Morgan fingerprint density at radius 2 is 2.38 bits per heavy atom. The van der Waals surface area contributed by atoms with Crippen LogP contribution >= 0.6 is 11.3 Å². The van der Waals surface area contributed by atoms with Crippen LogP contribution < -0.4 is 0 Å². The van der Waals surface area contributed by atoms with E-state index < -0.39 is 0 Å². The topological polar surface area (TPSA) is 51.0 Å². The fraction of sp³-hybridized carbons (Fsp3) is 0.533. The summed E-state index contributed by atoms with van der Waals surface area (Å²) in [6.07, 6.45) is 7.17. The Kier molecular flexibility index (Phi) is 4.05. The molecule has 1 fully saturated rings. The third-order valence-electron chi connectivity index (χ3n) is 4.06. The van der Waals surface area contributed by atoms with E-state index in [2.05, 4.69) is 17.0 Å². The van der Waals surface area contributed by atoms with E-state index in [4.69, 9.17) is 0 Å². The Balaban J connectivity index is 1.75. The quantitative estimate of drug-likeness (QED) is 0.876. The molecule has 0 saturated carbocycles. The number of carbonyl (C=O) groups excluding carboxylic acids is 1. The monoisotopic (exact) mass is 304 g/mol. The number of rotatable bonds is 3. The predicted molar refractivity (Wildman–Crippen MR) is 83.2 cm³/mol. The number of likely N-dealkylation sites (tertiary alicyclic amines) is 1. The summed E-state index contributed by atoms with van der Waals surface area (Å²) in [5.41, 5.74) is 1.53. The van der Waals surface area contributed by atoms with E-state index in [1.807, 2.05) is 23.5 Å². The van der Waals surface area contributed by atoms with E-state index in [0.717, 1.165) is 36.5 Å². The van der Waals surface area contributed by atoms with Gasteiger partial charge in [0.25, 0.3) is 5.91 Å². The number of aromatic nitrogens is 3. The number of nitrogens with zero attached hydrogens (tertiary/aromatic N) is 4. The molecule has 1 amide bonds. The molecule has 1 aliphatic heterocycles. The molecule has 0 spiro atoms. The maximum absolute atomic E-state index is 12.6. The Bertz CT molecular complexity index is 633. The van der Waals surface area contributed by atoms with E-state index in [0.29, 0.717) is 11.6 Å². The molecule has 0 bridgehead atoms. The van der Waals surface area contributed by atoms with Gasteiger partial charge in [0.2, 0.25) is 0 Å². The largest absolute Gasteiger partial charge is 0.337 e. The zero-order valence-corrected chi connectivity index (χ0v) is 13.3. The van der Waals surface area contributed by atoms with E-state index >= 15 is 0 Å². The van der Waals surface area contributed by atoms with Crippen LogP contribution in [-0.4, -0.2) is 38.7 Å². The van der Waals surface area contributed by atoms with Crippen molar-refractivity contribution in [1.29, 1.82) is 0 Å². The van der Waals surface area contributed by atoms with Crippen molar-refractivity contribution in [3.63, 3.8) is 0 Å². The smallest absolute Gasteiger partial charge is 0.273 e. The molecular formula is C15H20N4OS. The van der Waals surface area contributed by atoms with Crippen molar-refractivity contribution < 1.29 is 4.79 Å². The molecule has 1 aliphatic rings. The van der Waals surface area contributed by atoms with Crippen LogP contribution in [0.1, 0.15) is 36.7 Å². The molecule has 6 heteroatoms. The first-order chi connectivity index (χ1) is 10.2. The molecule has 1 atom stereocenters. The standard InChI is InChI=1S/C15H20N4OS/c1-3-11-5-4-6-19(8-11)15(20)13-10-21-14(17-13)12-7-16-18(2)9-12/h7,9-11H,3-6,8H2,1-2H3. The number of amides is 1. The van der Waals surface area contributed by atoms with Gasteiger partial charge < -0.3 is 4.90 Å². The number of aryl methyl sites for hydroxylation is 1. The minimum absolute atomic E-state index is 0.0690. The first-order valence-corrected chi connectivity index (χ1v) is 8.29. The summed E-state index contributed by atoms with van der Waals surface area (Å²) < 4.78 is 1.74. The molecule has 2 aromatic rings. The minimum atomic E-state index is 0.0690. The van der Waals surface area contributed by atoms with Gasteiger partial charge >= 0.3 is 0 Å². The maximum atomic E-state index is 12.6. The Morgan fingerprint density at radius 3 is 3.10 bits per heavy atom. The van der Waals surface area contributed by atoms with Gasteiger partial charge in [-0.25, -0.2) is 4.98 Å². The number of thiazole rings is 1. The van der Waals surface area contributed by atoms with Crippen LogP contribution in [0.25, 0.3) is 10.6 Å². The van der Waals surface area contributed by atoms with Gasteiger partial charge in [0, 0.05) is 37.3 Å². The molecule has 0 radical (unpaired) electrons. The molecule has 1 saturated heterocycles. The van der Waals surface area contributed by atoms with E-state index in [1.165, 1.54) is 17.8 Å². The van der Waals surface area contributed by atoms with Crippen LogP contribution in [0.2, 0.25) is 0 Å². The minimum Gasteiger partial charge on any atom is -0.337 e. The van der Waals surface area contributed by atoms with Crippen LogP contribution in [0.15, 0.2) is 17.8 Å². The van der Waals surface area contributed by atoms with E-state index in [-0.39, 0.29) is 5.91 Å². The maximum Gasteiger partial charge on any atom is 0.273 e. The Hall–Kier alpha value is -1.69. The van der Waals surface area contributed by atoms with Gasteiger partial charge in [-0.05, 0) is 18.8 Å². The summed E-state index contributed by atoms with van der Waals surface area (Å²) in [6, 6.07) is 0. The highest BCUT2D eigenvalue weighted by atomic mass is 32.1. The van der Waals surface area contributed by atoms with Gasteiger partial charge in [-0.2, -0.15) is 5.10 Å². The van der Waals surface area contributed by atoms with E-state index in [9.17, 15) is 4.79 Å². The third-order valence-corrected chi connectivity index (χ3v) is 4.95. The Labute approximate surface area is 128 Å². The van der Waals surface area contributed by atoms with Gasteiger partial charge in [0.15, 0.2) is 0 Å². The average molecular weight is 304 g/mol. The second-order valence-corrected chi connectivity index (χ2v) is 6.47. The zero-order valence-electron chi connectivity index (χ0n) is 12.5.